The van der Waals surface area contributed by atoms with Crippen molar-refractivity contribution in [2.45, 2.75) is 50.1 Å². The lowest BCUT2D eigenvalue weighted by Crippen LogP contribution is -2.38. The fraction of sp³-hybridized carbons (Fsp3) is 0.286. The van der Waals surface area contributed by atoms with Gasteiger partial charge in [0.1, 0.15) is 0 Å². The monoisotopic (exact) mass is 381 g/mol. The van der Waals surface area contributed by atoms with Crippen LogP contribution in [0.4, 0.5) is 0 Å². The number of nitrogens with zero attached hydrogens (tertiary/aromatic N) is 2. The van der Waals surface area contributed by atoms with E-state index in [2.05, 4.69) is 28.2 Å². The Hall–Kier alpha value is -2.60. The topological polar surface area (TPSA) is 67.8 Å². The number of aryl methyl sites for hydroxylation is 2. The average molecular weight is 382 g/mol. The van der Waals surface area contributed by atoms with Gasteiger partial charge in [-0.05, 0) is 55.2 Å². The van der Waals surface area contributed by atoms with E-state index in [0.29, 0.717) is 16.3 Å². The highest BCUT2D eigenvalue weighted by molar-refractivity contribution is 7.99. The molecule has 2 aromatic heterocycles. The predicted molar refractivity (Wildman–Crippen MR) is 109 cm³/mol. The van der Waals surface area contributed by atoms with Gasteiger partial charge in [-0.25, -0.2) is 4.79 Å². The summed E-state index contributed by atoms with van der Waals surface area (Å²) >= 11 is 1.43. The molecular weight excluding hydrogens is 358 g/mol. The molecule has 0 fully saturated rings. The van der Waals surface area contributed by atoms with Crippen LogP contribution in [0.2, 0.25) is 0 Å². The number of benzene rings is 1. The maximum absolute atomic E-state index is 13.1. The Balaban J connectivity index is 2.07. The summed E-state index contributed by atoms with van der Waals surface area (Å²) < 4.78 is 1.23. The van der Waals surface area contributed by atoms with Crippen LogP contribution in [-0.4, -0.2) is 14.5 Å². The summed E-state index contributed by atoms with van der Waals surface area (Å²) in [6.45, 7) is 8.16. The highest BCUT2D eigenvalue weighted by Gasteiger charge is 2.18. The third-order valence-electron chi connectivity index (χ3n) is 4.22. The number of aromatic nitrogens is 3. The maximum atomic E-state index is 13.1. The second-order valence-corrected chi connectivity index (χ2v) is 8.05. The molecular formula is C21H23N3O2S. The van der Waals surface area contributed by atoms with Crippen LogP contribution in [0, 0.1) is 13.8 Å². The number of pyridine rings is 1. The predicted octanol–water partition coefficient (Wildman–Crippen LogP) is 3.87. The molecule has 1 aromatic carbocycles. The highest BCUT2D eigenvalue weighted by Crippen LogP contribution is 2.31. The van der Waals surface area contributed by atoms with Gasteiger partial charge in [0.05, 0.1) is 22.8 Å². The Bertz CT molecular complexity index is 1050. The molecule has 1 N–H and O–H groups in total. The molecule has 6 heteroatoms. The zero-order valence-corrected chi connectivity index (χ0v) is 16.8. The van der Waals surface area contributed by atoms with Crippen LogP contribution in [0.1, 0.15) is 42.1 Å². The van der Waals surface area contributed by atoms with Gasteiger partial charge in [-0.15, -0.1) is 0 Å². The molecule has 0 unspecified atom stereocenters. The number of rotatable bonds is 5. The smallest absolute Gasteiger partial charge is 0.301 e. The molecule has 0 spiro atoms. The van der Waals surface area contributed by atoms with Crippen molar-refractivity contribution in [1.29, 1.82) is 0 Å². The van der Waals surface area contributed by atoms with Gasteiger partial charge >= 0.3 is 5.69 Å². The Morgan fingerprint density at radius 3 is 2.41 bits per heavy atom. The van der Waals surface area contributed by atoms with Crippen LogP contribution in [0.15, 0.2) is 62.1 Å². The summed E-state index contributed by atoms with van der Waals surface area (Å²) in [4.78, 5) is 33.9. The summed E-state index contributed by atoms with van der Waals surface area (Å²) in [5.41, 5.74) is 2.92. The van der Waals surface area contributed by atoms with Crippen molar-refractivity contribution in [3.05, 3.63) is 85.8 Å². The number of hydrogen-bond acceptors (Lipinski definition) is 4. The van der Waals surface area contributed by atoms with Crippen molar-refractivity contribution < 1.29 is 0 Å². The molecule has 0 atom stereocenters. The van der Waals surface area contributed by atoms with Crippen molar-refractivity contribution in [3.8, 4) is 0 Å². The molecule has 2 heterocycles. The number of hydrogen-bond donors (Lipinski definition) is 1. The fourth-order valence-electron chi connectivity index (χ4n) is 3.06. The molecule has 27 heavy (non-hydrogen) atoms. The summed E-state index contributed by atoms with van der Waals surface area (Å²) in [5.74, 6) is -0.0160. The van der Waals surface area contributed by atoms with Gasteiger partial charge in [-0.1, -0.05) is 37.7 Å². The Kier molecular flexibility index (Phi) is 5.65. The first-order valence-corrected chi connectivity index (χ1v) is 9.70. The Labute approximate surface area is 162 Å². The van der Waals surface area contributed by atoms with Crippen LogP contribution < -0.4 is 11.2 Å². The van der Waals surface area contributed by atoms with E-state index in [1.165, 1.54) is 16.3 Å². The van der Waals surface area contributed by atoms with Crippen LogP contribution >= 0.6 is 11.8 Å². The van der Waals surface area contributed by atoms with Gasteiger partial charge in [0.15, 0.2) is 0 Å². The first kappa shape index (κ1) is 19.2. The summed E-state index contributed by atoms with van der Waals surface area (Å²) in [6, 6.07) is 11.7. The standard InChI is InChI=1S/C21H23N3O2S/c1-13(2)18-19(27-17-10-14(3)9-15(4)11-17)23-21(26)24(20(18)25)12-16-7-5-6-8-22-16/h5-11,13H,12H2,1-4H3,(H,23,26). The van der Waals surface area contributed by atoms with Gasteiger partial charge in [0.25, 0.3) is 5.56 Å². The minimum atomic E-state index is -0.415. The van der Waals surface area contributed by atoms with Gasteiger partial charge < -0.3 is 4.98 Å². The number of nitrogens with one attached hydrogen (secondary N) is 1. The molecule has 5 nitrogen and oxygen atoms in total. The van der Waals surface area contributed by atoms with Gasteiger partial charge in [-0.2, -0.15) is 0 Å². The van der Waals surface area contributed by atoms with E-state index in [1.807, 2.05) is 33.8 Å². The summed E-state index contributed by atoms with van der Waals surface area (Å²) in [5, 5.41) is 0.613. The Morgan fingerprint density at radius 2 is 1.81 bits per heavy atom. The molecule has 0 radical (unpaired) electrons. The average Bonchev–Trinajstić information content (AvgIpc) is 2.58. The zero-order chi connectivity index (χ0) is 19.6. The van der Waals surface area contributed by atoms with Gasteiger partial charge in [0, 0.05) is 11.1 Å². The lowest BCUT2D eigenvalue weighted by molar-refractivity contribution is 0.635. The lowest BCUT2D eigenvalue weighted by atomic mass is 10.1. The van der Waals surface area contributed by atoms with E-state index < -0.39 is 5.69 Å². The number of aromatic amines is 1. The first-order valence-electron chi connectivity index (χ1n) is 8.88. The molecule has 0 amide bonds. The largest absolute Gasteiger partial charge is 0.329 e. The van der Waals surface area contributed by atoms with Crippen molar-refractivity contribution >= 4 is 11.8 Å². The van der Waals surface area contributed by atoms with Crippen LogP contribution in [0.25, 0.3) is 0 Å². The Morgan fingerprint density at radius 1 is 1.11 bits per heavy atom. The van der Waals surface area contributed by atoms with Gasteiger partial charge in [0.2, 0.25) is 0 Å². The molecule has 3 aromatic rings. The lowest BCUT2D eigenvalue weighted by Gasteiger charge is -2.14. The minimum Gasteiger partial charge on any atom is -0.301 e. The van der Waals surface area contributed by atoms with Crippen LogP contribution in [0.5, 0.6) is 0 Å². The molecule has 3 rings (SSSR count). The quantitative estimate of drug-likeness (QED) is 0.681. The molecule has 0 bridgehead atoms. The third kappa shape index (κ3) is 4.39. The van der Waals surface area contributed by atoms with Crippen LogP contribution in [0.3, 0.4) is 0 Å². The zero-order valence-electron chi connectivity index (χ0n) is 15.9. The van der Waals surface area contributed by atoms with Crippen molar-refractivity contribution in [3.63, 3.8) is 0 Å². The van der Waals surface area contributed by atoms with E-state index in [4.69, 9.17) is 0 Å². The normalized spacial score (nSPS) is 11.1. The van der Waals surface area contributed by atoms with Gasteiger partial charge in [-0.3, -0.25) is 14.3 Å². The second-order valence-electron chi connectivity index (χ2n) is 6.97. The molecule has 0 aliphatic heterocycles. The second kappa shape index (κ2) is 7.96. The van der Waals surface area contributed by atoms with Crippen molar-refractivity contribution in [1.82, 2.24) is 14.5 Å². The van der Waals surface area contributed by atoms with Crippen LogP contribution in [-0.2, 0) is 6.54 Å². The molecule has 0 saturated heterocycles. The van der Waals surface area contributed by atoms with Crippen molar-refractivity contribution in [2.75, 3.05) is 0 Å². The van der Waals surface area contributed by atoms with E-state index in [1.54, 1.807) is 18.3 Å². The number of H-pyrrole nitrogens is 1. The molecule has 0 aliphatic rings. The molecule has 0 aliphatic carbocycles. The van der Waals surface area contributed by atoms with E-state index in [9.17, 15) is 9.59 Å². The third-order valence-corrected chi connectivity index (χ3v) is 5.22. The highest BCUT2D eigenvalue weighted by atomic mass is 32.2. The van der Waals surface area contributed by atoms with E-state index >= 15 is 0 Å². The molecule has 140 valence electrons. The summed E-state index contributed by atoms with van der Waals surface area (Å²) in [6.07, 6.45) is 1.65. The maximum Gasteiger partial charge on any atom is 0.329 e. The first-order chi connectivity index (χ1) is 12.8. The summed E-state index contributed by atoms with van der Waals surface area (Å²) in [7, 11) is 0. The fourth-order valence-corrected chi connectivity index (χ4v) is 4.36. The van der Waals surface area contributed by atoms with Crippen molar-refractivity contribution in [2.24, 2.45) is 0 Å². The minimum absolute atomic E-state index is 0.0160. The van der Waals surface area contributed by atoms with E-state index in [-0.39, 0.29) is 18.0 Å². The van der Waals surface area contributed by atoms with E-state index in [0.717, 1.165) is 16.0 Å². The molecule has 0 saturated carbocycles. The SMILES string of the molecule is Cc1cc(C)cc(Sc2[nH]c(=O)n(Cc3ccccn3)c(=O)c2C(C)C)c1.